The van der Waals surface area contributed by atoms with Crippen LogP contribution in [-0.4, -0.2) is 23.1 Å². The molecule has 1 N–H and O–H groups in total. The number of fused-ring (bicyclic) bond motifs is 1. The Bertz CT molecular complexity index is 982. The maximum absolute atomic E-state index is 10.0. The van der Waals surface area contributed by atoms with E-state index >= 15 is 0 Å². The summed E-state index contributed by atoms with van der Waals surface area (Å²) in [4.78, 5) is 11.6. The SMILES string of the molecule is CCCN(CCC)c1ncc(C)c(/C(C#N)=C2/NC(C3=CC4CC4C=CC3)=CS2)n1.[HH]. The van der Waals surface area contributed by atoms with Gasteiger partial charge in [-0.25, -0.2) is 9.97 Å². The van der Waals surface area contributed by atoms with Crippen LogP contribution in [0.15, 0.2) is 46.1 Å². The lowest BCUT2D eigenvalue weighted by molar-refractivity contribution is 0.719. The molecule has 2 aliphatic carbocycles. The Morgan fingerprint density at radius 2 is 2.13 bits per heavy atom. The molecule has 0 bridgehead atoms. The number of aryl methyl sites for hydroxylation is 1. The van der Waals surface area contributed by atoms with Crippen LogP contribution in [0.5, 0.6) is 0 Å². The van der Waals surface area contributed by atoms with Gasteiger partial charge in [0.25, 0.3) is 0 Å². The number of rotatable bonds is 7. The van der Waals surface area contributed by atoms with Crippen molar-refractivity contribution < 1.29 is 1.43 Å². The molecule has 1 saturated carbocycles. The first-order chi connectivity index (χ1) is 14.6. The molecule has 1 aromatic rings. The average molecular weight is 422 g/mol. The smallest absolute Gasteiger partial charge is 0.225 e. The molecule has 0 radical (unpaired) electrons. The lowest BCUT2D eigenvalue weighted by Crippen LogP contribution is -2.27. The van der Waals surface area contributed by atoms with Crippen molar-refractivity contribution in [3.8, 4) is 6.07 Å². The molecule has 1 aliphatic heterocycles. The monoisotopic (exact) mass is 421 g/mol. The summed E-state index contributed by atoms with van der Waals surface area (Å²) in [7, 11) is 0. The van der Waals surface area contributed by atoms with E-state index in [1.165, 1.54) is 12.0 Å². The third kappa shape index (κ3) is 4.32. The van der Waals surface area contributed by atoms with Crippen LogP contribution in [0.2, 0.25) is 0 Å². The van der Waals surface area contributed by atoms with Crippen molar-refractivity contribution in [2.24, 2.45) is 11.8 Å². The topological polar surface area (TPSA) is 64.8 Å². The first kappa shape index (κ1) is 20.7. The maximum atomic E-state index is 10.0. The Labute approximate surface area is 185 Å². The van der Waals surface area contributed by atoms with Crippen molar-refractivity contribution in [3.05, 3.63) is 57.4 Å². The number of hydrogen-bond acceptors (Lipinski definition) is 6. The van der Waals surface area contributed by atoms with Crippen LogP contribution in [0.25, 0.3) is 5.57 Å². The molecule has 0 amide bonds. The van der Waals surface area contributed by atoms with Crippen molar-refractivity contribution in [2.75, 3.05) is 18.0 Å². The van der Waals surface area contributed by atoms with Gasteiger partial charge in [0.2, 0.25) is 5.95 Å². The zero-order valence-corrected chi connectivity index (χ0v) is 18.8. The summed E-state index contributed by atoms with van der Waals surface area (Å²) in [5.74, 6) is 2.13. The number of nitrogens with zero attached hydrogens (tertiary/aromatic N) is 4. The summed E-state index contributed by atoms with van der Waals surface area (Å²) in [5.41, 5.74) is 4.68. The van der Waals surface area contributed by atoms with Gasteiger partial charge in [0.1, 0.15) is 11.6 Å². The van der Waals surface area contributed by atoms with E-state index in [0.717, 1.165) is 60.3 Å². The van der Waals surface area contributed by atoms with Crippen molar-refractivity contribution in [1.29, 1.82) is 5.26 Å². The number of aromatic nitrogens is 2. The quantitative estimate of drug-likeness (QED) is 0.460. The second kappa shape index (κ2) is 9.09. The van der Waals surface area contributed by atoms with E-state index in [2.05, 4.69) is 58.8 Å². The highest BCUT2D eigenvalue weighted by Crippen LogP contribution is 2.45. The molecular formula is C24H31N5S. The minimum atomic E-state index is 0. The highest BCUT2D eigenvalue weighted by molar-refractivity contribution is 8.06. The van der Waals surface area contributed by atoms with E-state index in [-0.39, 0.29) is 1.43 Å². The summed E-state index contributed by atoms with van der Waals surface area (Å²) in [5, 5.41) is 16.5. The normalized spacial score (nSPS) is 23.5. The Morgan fingerprint density at radius 1 is 1.33 bits per heavy atom. The van der Waals surface area contributed by atoms with Gasteiger partial charge in [-0.1, -0.05) is 43.8 Å². The van der Waals surface area contributed by atoms with Crippen LogP contribution in [0.3, 0.4) is 0 Å². The van der Waals surface area contributed by atoms with Gasteiger partial charge in [-0.3, -0.25) is 0 Å². The molecule has 1 fully saturated rings. The van der Waals surface area contributed by atoms with Gasteiger partial charge in [0.15, 0.2) is 0 Å². The van der Waals surface area contributed by atoms with Crippen molar-refractivity contribution >= 4 is 23.3 Å². The maximum Gasteiger partial charge on any atom is 0.225 e. The molecule has 2 unspecified atom stereocenters. The Kier molecular flexibility index (Phi) is 6.29. The molecule has 0 aromatic carbocycles. The Balaban J connectivity index is 0.00000272. The van der Waals surface area contributed by atoms with Crippen LogP contribution in [0.1, 0.15) is 52.2 Å². The molecule has 1 aromatic heterocycles. The van der Waals surface area contributed by atoms with Crippen molar-refractivity contribution in [2.45, 2.75) is 46.5 Å². The number of allylic oxidation sites excluding steroid dienone is 5. The molecule has 158 valence electrons. The lowest BCUT2D eigenvalue weighted by Gasteiger charge is -2.22. The lowest BCUT2D eigenvalue weighted by atomic mass is 10.1. The third-order valence-corrected chi connectivity index (χ3v) is 6.62. The number of anilines is 1. The zero-order chi connectivity index (χ0) is 21.1. The minimum absolute atomic E-state index is 0. The molecule has 0 spiro atoms. The van der Waals surface area contributed by atoms with E-state index < -0.39 is 0 Å². The summed E-state index contributed by atoms with van der Waals surface area (Å²) < 4.78 is 0. The molecule has 0 saturated heterocycles. The molecule has 30 heavy (non-hydrogen) atoms. The van der Waals surface area contributed by atoms with Crippen LogP contribution in [-0.2, 0) is 0 Å². The molecule has 2 heterocycles. The highest BCUT2D eigenvalue weighted by atomic mass is 32.2. The van der Waals surface area contributed by atoms with E-state index in [1.54, 1.807) is 11.8 Å². The van der Waals surface area contributed by atoms with Gasteiger partial charge in [-0.15, -0.1) is 0 Å². The van der Waals surface area contributed by atoms with E-state index in [9.17, 15) is 5.26 Å². The summed E-state index contributed by atoms with van der Waals surface area (Å²) in [6.07, 6.45) is 13.2. The largest absolute Gasteiger partial charge is 0.348 e. The number of thioether (sulfide) groups is 1. The predicted octanol–water partition coefficient (Wildman–Crippen LogP) is 5.55. The second-order valence-electron chi connectivity index (χ2n) is 8.17. The van der Waals surface area contributed by atoms with Gasteiger partial charge < -0.3 is 10.2 Å². The van der Waals surface area contributed by atoms with Crippen molar-refractivity contribution in [1.82, 2.24) is 15.3 Å². The number of hydrogen-bond donors (Lipinski definition) is 1. The predicted molar refractivity (Wildman–Crippen MR) is 126 cm³/mol. The minimum Gasteiger partial charge on any atom is -0.348 e. The molecule has 6 heteroatoms. The van der Waals surface area contributed by atoms with Gasteiger partial charge in [0.05, 0.1) is 10.7 Å². The van der Waals surface area contributed by atoms with Crippen molar-refractivity contribution in [3.63, 3.8) is 0 Å². The zero-order valence-electron chi connectivity index (χ0n) is 18.0. The fraction of sp³-hybridized carbons (Fsp3) is 0.458. The van der Waals surface area contributed by atoms with E-state index in [4.69, 9.17) is 4.98 Å². The highest BCUT2D eigenvalue weighted by Gasteiger charge is 2.35. The van der Waals surface area contributed by atoms with Gasteiger partial charge in [-0.05, 0) is 55.6 Å². The summed E-state index contributed by atoms with van der Waals surface area (Å²) in [6.45, 7) is 8.12. The summed E-state index contributed by atoms with van der Waals surface area (Å²) >= 11 is 1.58. The van der Waals surface area contributed by atoms with Crippen LogP contribution < -0.4 is 10.2 Å². The standard InChI is InChI=1S/C24H29N5S.H2/c1-4-9-29(10-5-2)24-26-14-16(3)22(28-24)20(13-25)23-27-21(15-30-23)18-8-6-7-17-11-19(17)12-18;/h6-7,12,14-15,17,19,27H,4-5,8-11H2,1-3H3;1H/b23-20-;. The molecule has 3 aliphatic rings. The van der Waals surface area contributed by atoms with Crippen LogP contribution in [0, 0.1) is 30.1 Å². The van der Waals surface area contributed by atoms with Gasteiger partial charge in [-0.2, -0.15) is 5.26 Å². The Hall–Kier alpha value is -2.52. The van der Waals surface area contributed by atoms with Crippen LogP contribution >= 0.6 is 11.8 Å². The molecule has 5 nitrogen and oxygen atoms in total. The Morgan fingerprint density at radius 3 is 2.87 bits per heavy atom. The van der Waals surface area contributed by atoms with Gasteiger partial charge in [0, 0.05) is 31.8 Å². The van der Waals surface area contributed by atoms with Crippen LogP contribution in [0.4, 0.5) is 5.95 Å². The third-order valence-electron chi connectivity index (χ3n) is 5.72. The van der Waals surface area contributed by atoms with Gasteiger partial charge >= 0.3 is 0 Å². The number of nitriles is 1. The van der Waals surface area contributed by atoms with E-state index in [1.807, 2.05) is 13.1 Å². The second-order valence-corrected chi connectivity index (χ2v) is 9.05. The number of nitrogens with one attached hydrogen (secondary N) is 1. The first-order valence-corrected chi connectivity index (χ1v) is 11.8. The fourth-order valence-electron chi connectivity index (χ4n) is 4.02. The fourth-order valence-corrected chi connectivity index (χ4v) is 4.90. The summed E-state index contributed by atoms with van der Waals surface area (Å²) in [6, 6.07) is 2.40. The molecule has 2 atom stereocenters. The van der Waals surface area contributed by atoms with E-state index in [0.29, 0.717) is 17.4 Å². The average Bonchev–Trinajstić information content (AvgIpc) is 3.35. The first-order valence-electron chi connectivity index (χ1n) is 10.9. The molecular weight excluding hydrogens is 390 g/mol. The molecule has 4 rings (SSSR count).